The number of carbonyl (C=O) groups is 1. The second-order valence-corrected chi connectivity index (χ2v) is 6.13. The van der Waals surface area contributed by atoms with Gasteiger partial charge in [0, 0.05) is 38.8 Å². The van der Waals surface area contributed by atoms with E-state index in [1.165, 1.54) is 0 Å². The van der Waals surface area contributed by atoms with E-state index in [0.29, 0.717) is 19.1 Å². The van der Waals surface area contributed by atoms with Crippen LogP contribution in [-0.2, 0) is 0 Å². The lowest BCUT2D eigenvalue weighted by molar-refractivity contribution is 0.0579. The zero-order chi connectivity index (χ0) is 15.7. The number of amides is 1. The van der Waals surface area contributed by atoms with E-state index in [1.807, 2.05) is 0 Å². The van der Waals surface area contributed by atoms with Crippen LogP contribution in [0, 0.1) is 11.6 Å². The summed E-state index contributed by atoms with van der Waals surface area (Å²) in [6.45, 7) is 4.58. The van der Waals surface area contributed by atoms with Gasteiger partial charge in [-0.1, -0.05) is 11.6 Å². The summed E-state index contributed by atoms with van der Waals surface area (Å²) in [4.78, 5) is 16.3. The van der Waals surface area contributed by atoms with Crippen LogP contribution in [0.1, 0.15) is 16.8 Å². The first-order chi connectivity index (χ1) is 10.6. The summed E-state index contributed by atoms with van der Waals surface area (Å²) in [5.74, 6) is -2.03. The van der Waals surface area contributed by atoms with Crippen molar-refractivity contribution in [2.24, 2.45) is 0 Å². The first-order valence-electron chi connectivity index (χ1n) is 7.45. The highest BCUT2D eigenvalue weighted by molar-refractivity contribution is 6.30. The first kappa shape index (κ1) is 18.4. The average Bonchev–Trinajstić information content (AvgIpc) is 3.05. The molecule has 1 aromatic carbocycles. The number of piperazine rings is 1. The van der Waals surface area contributed by atoms with Crippen LogP contribution in [-0.4, -0.2) is 61.0 Å². The molecule has 3 rings (SSSR count). The van der Waals surface area contributed by atoms with Gasteiger partial charge in [0.1, 0.15) is 11.6 Å². The van der Waals surface area contributed by atoms with Crippen molar-refractivity contribution in [1.82, 2.24) is 15.1 Å². The molecule has 0 bridgehead atoms. The molecule has 4 nitrogen and oxygen atoms in total. The van der Waals surface area contributed by atoms with Gasteiger partial charge in [-0.25, -0.2) is 8.78 Å². The Morgan fingerprint density at radius 3 is 2.48 bits per heavy atom. The van der Waals surface area contributed by atoms with Crippen LogP contribution in [0.4, 0.5) is 8.78 Å². The van der Waals surface area contributed by atoms with Crippen molar-refractivity contribution in [1.29, 1.82) is 0 Å². The Hall–Kier alpha value is -0.950. The number of nitrogens with one attached hydrogen (secondary N) is 1. The van der Waals surface area contributed by atoms with Gasteiger partial charge in [-0.3, -0.25) is 9.69 Å². The van der Waals surface area contributed by atoms with Crippen LogP contribution >= 0.6 is 24.0 Å². The first-order valence-corrected chi connectivity index (χ1v) is 7.82. The van der Waals surface area contributed by atoms with Gasteiger partial charge in [-0.15, -0.1) is 12.4 Å². The fourth-order valence-electron chi connectivity index (χ4n) is 3.10. The highest BCUT2D eigenvalue weighted by Crippen LogP contribution is 2.21. The second-order valence-electron chi connectivity index (χ2n) is 5.72. The predicted octanol–water partition coefficient (Wildman–Crippen LogP) is 2.16. The van der Waals surface area contributed by atoms with E-state index in [2.05, 4.69) is 10.2 Å². The van der Waals surface area contributed by atoms with Gasteiger partial charge in [-0.05, 0) is 25.1 Å². The topological polar surface area (TPSA) is 35.6 Å². The molecule has 2 saturated heterocycles. The molecular formula is C15H19Cl2F2N3O. The minimum atomic E-state index is -0.779. The van der Waals surface area contributed by atoms with Crippen molar-refractivity contribution >= 4 is 29.9 Å². The van der Waals surface area contributed by atoms with E-state index in [1.54, 1.807) is 4.90 Å². The molecular weight excluding hydrogens is 347 g/mol. The van der Waals surface area contributed by atoms with E-state index < -0.39 is 17.5 Å². The average molecular weight is 366 g/mol. The molecule has 1 aromatic rings. The molecule has 1 unspecified atom stereocenters. The molecule has 2 aliphatic rings. The molecule has 128 valence electrons. The monoisotopic (exact) mass is 365 g/mol. The number of benzene rings is 1. The highest BCUT2D eigenvalue weighted by atomic mass is 35.5. The molecule has 23 heavy (non-hydrogen) atoms. The summed E-state index contributed by atoms with van der Waals surface area (Å²) in [7, 11) is 0. The van der Waals surface area contributed by atoms with Crippen molar-refractivity contribution in [3.8, 4) is 0 Å². The lowest BCUT2D eigenvalue weighted by Crippen LogP contribution is -2.52. The molecule has 0 radical (unpaired) electrons. The summed E-state index contributed by atoms with van der Waals surface area (Å²) in [5, 5.41) is 3.01. The van der Waals surface area contributed by atoms with E-state index in [9.17, 15) is 13.6 Å². The van der Waals surface area contributed by atoms with Crippen molar-refractivity contribution in [2.45, 2.75) is 12.5 Å². The normalized spacial score (nSPS) is 22.0. The van der Waals surface area contributed by atoms with Gasteiger partial charge < -0.3 is 10.2 Å². The van der Waals surface area contributed by atoms with Gasteiger partial charge in [0.05, 0.1) is 10.6 Å². The molecule has 0 aliphatic carbocycles. The molecule has 0 aromatic heterocycles. The number of halogens is 4. The summed E-state index contributed by atoms with van der Waals surface area (Å²) in [5.41, 5.74) is -0.252. The Bertz CT molecular complexity index is 574. The Kier molecular flexibility index (Phi) is 6.19. The third kappa shape index (κ3) is 3.94. The van der Waals surface area contributed by atoms with Crippen LogP contribution in [0.15, 0.2) is 12.1 Å². The SMILES string of the molecule is Cl.O=C(c1cc(F)c(Cl)cc1F)N1CCN(C2CCNC2)CC1. The van der Waals surface area contributed by atoms with Crippen molar-refractivity contribution < 1.29 is 13.6 Å². The molecule has 2 heterocycles. The van der Waals surface area contributed by atoms with Crippen LogP contribution < -0.4 is 5.32 Å². The molecule has 0 saturated carbocycles. The van der Waals surface area contributed by atoms with Gasteiger partial charge in [0.15, 0.2) is 0 Å². The molecule has 1 amide bonds. The molecule has 1 N–H and O–H groups in total. The van der Waals surface area contributed by atoms with Gasteiger partial charge >= 0.3 is 0 Å². The van der Waals surface area contributed by atoms with Crippen molar-refractivity contribution in [2.75, 3.05) is 39.3 Å². The van der Waals surface area contributed by atoms with Crippen molar-refractivity contribution in [3.63, 3.8) is 0 Å². The number of hydrogen-bond acceptors (Lipinski definition) is 3. The maximum absolute atomic E-state index is 13.8. The smallest absolute Gasteiger partial charge is 0.257 e. The Labute approximate surface area is 145 Å². The number of hydrogen-bond donors (Lipinski definition) is 1. The quantitative estimate of drug-likeness (QED) is 0.815. The predicted molar refractivity (Wildman–Crippen MR) is 87.4 cm³/mol. The van der Waals surface area contributed by atoms with Crippen LogP contribution in [0.3, 0.4) is 0 Å². The summed E-state index contributed by atoms with van der Waals surface area (Å²) < 4.78 is 27.3. The third-order valence-electron chi connectivity index (χ3n) is 4.39. The molecule has 2 fully saturated rings. The minimum absolute atomic E-state index is 0. The van der Waals surface area contributed by atoms with Crippen molar-refractivity contribution in [3.05, 3.63) is 34.4 Å². The van der Waals surface area contributed by atoms with E-state index in [4.69, 9.17) is 11.6 Å². The van der Waals surface area contributed by atoms with Crippen LogP contribution in [0.25, 0.3) is 0 Å². The molecule has 0 spiro atoms. The minimum Gasteiger partial charge on any atom is -0.336 e. The molecule has 1 atom stereocenters. The van der Waals surface area contributed by atoms with Gasteiger partial charge in [0.25, 0.3) is 5.91 Å². The maximum Gasteiger partial charge on any atom is 0.257 e. The fraction of sp³-hybridized carbons (Fsp3) is 0.533. The zero-order valence-corrected chi connectivity index (χ0v) is 14.1. The maximum atomic E-state index is 13.8. The van der Waals surface area contributed by atoms with E-state index >= 15 is 0 Å². The second kappa shape index (κ2) is 7.75. The largest absolute Gasteiger partial charge is 0.336 e. The number of carbonyl (C=O) groups excluding carboxylic acids is 1. The van der Waals surface area contributed by atoms with Crippen LogP contribution in [0.5, 0.6) is 0 Å². The van der Waals surface area contributed by atoms with Gasteiger partial charge in [-0.2, -0.15) is 0 Å². The Balaban J connectivity index is 0.00000192. The fourth-order valence-corrected chi connectivity index (χ4v) is 3.25. The Morgan fingerprint density at radius 1 is 1.17 bits per heavy atom. The van der Waals surface area contributed by atoms with Crippen LogP contribution in [0.2, 0.25) is 5.02 Å². The number of nitrogens with zero attached hydrogens (tertiary/aromatic N) is 2. The van der Waals surface area contributed by atoms with E-state index in [-0.39, 0.29) is 23.0 Å². The lowest BCUT2D eigenvalue weighted by atomic mass is 10.1. The van der Waals surface area contributed by atoms with Gasteiger partial charge in [0.2, 0.25) is 0 Å². The summed E-state index contributed by atoms with van der Waals surface area (Å²) in [6, 6.07) is 2.25. The standard InChI is InChI=1S/C15H18ClF2N3O.ClH/c16-12-8-13(17)11(7-14(12)18)15(22)21-5-3-20(4-6-21)10-1-2-19-9-10;/h7-8,10,19H,1-6,9H2;1H. The Morgan fingerprint density at radius 2 is 1.87 bits per heavy atom. The number of rotatable bonds is 2. The summed E-state index contributed by atoms with van der Waals surface area (Å²) >= 11 is 5.52. The molecule has 2 aliphatic heterocycles. The molecule has 8 heteroatoms. The van der Waals surface area contributed by atoms with E-state index in [0.717, 1.165) is 44.7 Å². The zero-order valence-electron chi connectivity index (χ0n) is 12.5. The lowest BCUT2D eigenvalue weighted by Gasteiger charge is -2.37. The third-order valence-corrected chi connectivity index (χ3v) is 4.68. The highest BCUT2D eigenvalue weighted by Gasteiger charge is 2.29. The summed E-state index contributed by atoms with van der Waals surface area (Å²) in [6.07, 6.45) is 1.12.